The van der Waals surface area contributed by atoms with Crippen molar-refractivity contribution in [2.24, 2.45) is 13.0 Å². The maximum atomic E-state index is 13.4. The summed E-state index contributed by atoms with van der Waals surface area (Å²) in [6, 6.07) is 21.0. The number of nitrogens with zero attached hydrogens (tertiary/aromatic N) is 3. The van der Waals surface area contributed by atoms with E-state index in [-0.39, 0.29) is 18.2 Å². The van der Waals surface area contributed by atoms with E-state index in [1.807, 2.05) is 84.5 Å². The summed E-state index contributed by atoms with van der Waals surface area (Å²) in [5, 5.41) is 5.21. The number of hydrogen-bond acceptors (Lipinski definition) is 4. The monoisotopic (exact) mass is 454 g/mol. The third-order valence-corrected chi connectivity index (χ3v) is 6.38. The first kappa shape index (κ1) is 21.7. The molecule has 4 aromatic rings. The van der Waals surface area contributed by atoms with Gasteiger partial charge in [-0.25, -0.2) is 4.98 Å². The van der Waals surface area contributed by atoms with Crippen LogP contribution in [0.1, 0.15) is 23.9 Å². The summed E-state index contributed by atoms with van der Waals surface area (Å²) in [6.07, 6.45) is 3.71. The number of fused-ring (bicyclic) bond motifs is 1. The number of rotatable bonds is 6. The van der Waals surface area contributed by atoms with E-state index in [1.54, 1.807) is 18.2 Å². The number of amides is 2. The summed E-state index contributed by atoms with van der Waals surface area (Å²) < 4.78 is 7.26. The van der Waals surface area contributed by atoms with Gasteiger partial charge in [-0.1, -0.05) is 48.5 Å². The Labute approximate surface area is 198 Å². The van der Waals surface area contributed by atoms with Crippen LogP contribution in [0.15, 0.2) is 79.1 Å². The molecule has 3 aromatic carbocycles. The van der Waals surface area contributed by atoms with Gasteiger partial charge in [0.05, 0.1) is 18.7 Å². The molecule has 1 aromatic heterocycles. The Morgan fingerprint density at radius 2 is 1.91 bits per heavy atom. The molecule has 1 saturated heterocycles. The molecule has 2 atom stereocenters. The molecule has 1 fully saturated rings. The Morgan fingerprint density at radius 3 is 2.71 bits per heavy atom. The first-order chi connectivity index (χ1) is 16.5. The predicted molar refractivity (Wildman–Crippen MR) is 131 cm³/mol. The van der Waals surface area contributed by atoms with Gasteiger partial charge in [0.25, 0.3) is 0 Å². The number of anilines is 1. The van der Waals surface area contributed by atoms with Crippen LogP contribution >= 0.6 is 0 Å². The molecule has 0 radical (unpaired) electrons. The lowest BCUT2D eigenvalue weighted by Crippen LogP contribution is -2.37. The number of aromatic nitrogens is 2. The number of ether oxygens (including phenoxy) is 1. The van der Waals surface area contributed by atoms with Gasteiger partial charge < -0.3 is 19.5 Å². The quantitative estimate of drug-likeness (QED) is 0.480. The van der Waals surface area contributed by atoms with Crippen molar-refractivity contribution in [3.8, 4) is 5.75 Å². The topological polar surface area (TPSA) is 76.5 Å². The zero-order valence-electron chi connectivity index (χ0n) is 19.1. The van der Waals surface area contributed by atoms with Crippen molar-refractivity contribution in [3.05, 3.63) is 90.5 Å². The Balaban J connectivity index is 1.41. The van der Waals surface area contributed by atoms with E-state index in [1.165, 1.54) is 0 Å². The van der Waals surface area contributed by atoms with Gasteiger partial charge in [-0.3, -0.25) is 9.59 Å². The molecule has 1 aliphatic heterocycles. The smallest absolute Gasteiger partial charge is 0.227 e. The second-order valence-electron chi connectivity index (χ2n) is 8.52. The van der Waals surface area contributed by atoms with Gasteiger partial charge in [0.15, 0.2) is 0 Å². The molecule has 172 valence electrons. The van der Waals surface area contributed by atoms with Crippen molar-refractivity contribution in [1.82, 2.24) is 14.9 Å². The van der Waals surface area contributed by atoms with Crippen molar-refractivity contribution >= 4 is 28.3 Å². The van der Waals surface area contributed by atoms with Gasteiger partial charge >= 0.3 is 0 Å². The first-order valence-corrected chi connectivity index (χ1v) is 11.2. The Hall–Kier alpha value is -4.13. The van der Waals surface area contributed by atoms with Crippen LogP contribution < -0.4 is 15.0 Å². The van der Waals surface area contributed by atoms with Crippen LogP contribution in [-0.4, -0.2) is 35.0 Å². The van der Waals surface area contributed by atoms with Crippen molar-refractivity contribution in [3.63, 3.8) is 0 Å². The standard InChI is InChI=1S/C27H26N4O3/c1-30-14-13-28-26(30)25(19-9-5-10-21(15-19)34-2)29-27(33)20-16-24(32)31(17-20)23-12-6-8-18-7-3-4-11-22(18)23/h3-15,20,25H,16-17H2,1-2H3,(H,29,33). The molecule has 1 N–H and O–H groups in total. The van der Waals surface area contributed by atoms with E-state index < -0.39 is 12.0 Å². The SMILES string of the molecule is COc1cccc(C(NC(=O)C2CC(=O)N(c3cccc4ccccc34)C2)c2nccn2C)c1. The van der Waals surface area contributed by atoms with Crippen molar-refractivity contribution in [2.75, 3.05) is 18.6 Å². The maximum Gasteiger partial charge on any atom is 0.227 e. The number of carbonyl (C=O) groups is 2. The molecule has 1 aliphatic rings. The minimum absolute atomic E-state index is 0.0496. The number of benzene rings is 3. The van der Waals surface area contributed by atoms with Gasteiger partial charge in [-0.05, 0) is 29.1 Å². The van der Waals surface area contributed by atoms with Crippen LogP contribution in [0, 0.1) is 5.92 Å². The molecule has 7 nitrogen and oxygen atoms in total. The van der Waals surface area contributed by atoms with Gasteiger partial charge in [-0.2, -0.15) is 0 Å². The second kappa shape index (κ2) is 9.02. The van der Waals surface area contributed by atoms with E-state index >= 15 is 0 Å². The molecule has 7 heteroatoms. The summed E-state index contributed by atoms with van der Waals surface area (Å²) in [5.41, 5.74) is 1.70. The average molecular weight is 455 g/mol. The van der Waals surface area contributed by atoms with Crippen LogP contribution in [0.3, 0.4) is 0 Å². The van der Waals surface area contributed by atoms with E-state index in [4.69, 9.17) is 4.74 Å². The van der Waals surface area contributed by atoms with E-state index in [0.717, 1.165) is 22.0 Å². The van der Waals surface area contributed by atoms with Gasteiger partial charge in [0, 0.05) is 37.8 Å². The van der Waals surface area contributed by atoms with Gasteiger partial charge in [-0.15, -0.1) is 0 Å². The minimum atomic E-state index is -0.468. The molecule has 34 heavy (non-hydrogen) atoms. The van der Waals surface area contributed by atoms with Crippen LogP contribution in [0.25, 0.3) is 10.8 Å². The highest BCUT2D eigenvalue weighted by Crippen LogP contribution is 2.32. The molecule has 2 amide bonds. The summed E-state index contributed by atoms with van der Waals surface area (Å²) in [7, 11) is 3.50. The van der Waals surface area contributed by atoms with Gasteiger partial charge in [0.2, 0.25) is 11.8 Å². The summed E-state index contributed by atoms with van der Waals surface area (Å²) >= 11 is 0. The fourth-order valence-corrected chi connectivity index (χ4v) is 4.59. The van der Waals surface area contributed by atoms with Crippen LogP contribution in [0.2, 0.25) is 0 Å². The lowest BCUT2D eigenvalue weighted by Gasteiger charge is -2.22. The molecule has 2 unspecified atom stereocenters. The summed E-state index contributed by atoms with van der Waals surface area (Å²) in [5.74, 6) is 0.721. The minimum Gasteiger partial charge on any atom is -0.497 e. The molecule has 2 heterocycles. The molecule has 0 aliphatic carbocycles. The average Bonchev–Trinajstić information content (AvgIpc) is 3.47. The van der Waals surface area contributed by atoms with E-state index in [9.17, 15) is 9.59 Å². The molecule has 0 saturated carbocycles. The number of aryl methyl sites for hydroxylation is 1. The molecular weight excluding hydrogens is 428 g/mol. The third-order valence-electron chi connectivity index (χ3n) is 6.38. The highest BCUT2D eigenvalue weighted by molar-refractivity contribution is 6.07. The fourth-order valence-electron chi connectivity index (χ4n) is 4.59. The first-order valence-electron chi connectivity index (χ1n) is 11.2. The van der Waals surface area contributed by atoms with Crippen molar-refractivity contribution < 1.29 is 14.3 Å². The van der Waals surface area contributed by atoms with Crippen molar-refractivity contribution in [2.45, 2.75) is 12.5 Å². The zero-order valence-corrected chi connectivity index (χ0v) is 19.1. The molecule has 0 spiro atoms. The van der Waals surface area contributed by atoms with Crippen LogP contribution in [0.4, 0.5) is 5.69 Å². The van der Waals surface area contributed by atoms with Crippen LogP contribution in [-0.2, 0) is 16.6 Å². The second-order valence-corrected chi connectivity index (χ2v) is 8.52. The lowest BCUT2D eigenvalue weighted by molar-refractivity contribution is -0.126. The fraction of sp³-hybridized carbons (Fsp3) is 0.222. The normalized spacial score (nSPS) is 16.6. The lowest BCUT2D eigenvalue weighted by atomic mass is 10.0. The summed E-state index contributed by atoms with van der Waals surface area (Å²) in [4.78, 5) is 32.6. The van der Waals surface area contributed by atoms with E-state index in [2.05, 4.69) is 10.3 Å². The highest BCUT2D eigenvalue weighted by atomic mass is 16.5. The zero-order chi connectivity index (χ0) is 23.7. The number of hydrogen-bond donors (Lipinski definition) is 1. The number of methoxy groups -OCH3 is 1. The number of nitrogens with one attached hydrogen (secondary N) is 1. The largest absolute Gasteiger partial charge is 0.497 e. The highest BCUT2D eigenvalue weighted by Gasteiger charge is 2.37. The predicted octanol–water partition coefficient (Wildman–Crippen LogP) is 3.84. The third kappa shape index (κ3) is 4.01. The van der Waals surface area contributed by atoms with Crippen LogP contribution in [0.5, 0.6) is 5.75 Å². The number of carbonyl (C=O) groups excluding carboxylic acids is 2. The number of imidazole rings is 1. The van der Waals surface area contributed by atoms with E-state index in [0.29, 0.717) is 18.1 Å². The van der Waals surface area contributed by atoms with Gasteiger partial charge in [0.1, 0.15) is 17.6 Å². The Kier molecular flexibility index (Phi) is 5.76. The Bertz CT molecular complexity index is 1360. The summed E-state index contributed by atoms with van der Waals surface area (Å²) in [6.45, 7) is 0.337. The van der Waals surface area contributed by atoms with Crippen molar-refractivity contribution in [1.29, 1.82) is 0 Å². The Morgan fingerprint density at radius 1 is 1.12 bits per heavy atom. The maximum absolute atomic E-state index is 13.4. The molecule has 5 rings (SSSR count). The molecule has 0 bridgehead atoms. The molecular formula is C27H26N4O3.